The SMILES string of the molecule is CC1CCc2c(sc(NC(=S)NC(=O)c3ccc(C(C)C)cc3)c2C#N)C1. The van der Waals surface area contributed by atoms with E-state index >= 15 is 0 Å². The summed E-state index contributed by atoms with van der Waals surface area (Å²) in [6, 6.07) is 9.82. The van der Waals surface area contributed by atoms with Crippen LogP contribution in [0, 0.1) is 17.2 Å². The molecule has 1 aliphatic rings. The first-order chi connectivity index (χ1) is 12.9. The van der Waals surface area contributed by atoms with Crippen molar-refractivity contribution in [1.82, 2.24) is 5.32 Å². The Kier molecular flexibility index (Phi) is 5.93. The number of benzene rings is 1. The van der Waals surface area contributed by atoms with Crippen LogP contribution in [0.1, 0.15) is 65.0 Å². The van der Waals surface area contributed by atoms with Crippen LogP contribution in [0.2, 0.25) is 0 Å². The fourth-order valence-corrected chi connectivity index (χ4v) is 4.91. The normalized spacial score (nSPS) is 15.7. The standard InChI is InChI=1S/C21H23N3OS2/c1-12(2)14-5-7-15(8-6-14)19(25)23-21(26)24-20-17(11-22)16-9-4-13(3)10-18(16)27-20/h5-8,12-13H,4,9-10H2,1-3H3,(H2,23,24,25,26). The molecule has 0 fully saturated rings. The van der Waals surface area contributed by atoms with Gasteiger partial charge in [-0.3, -0.25) is 10.1 Å². The van der Waals surface area contributed by atoms with Crippen LogP contribution in [0.5, 0.6) is 0 Å². The van der Waals surface area contributed by atoms with Gasteiger partial charge in [-0.2, -0.15) is 5.26 Å². The molecule has 0 spiro atoms. The maximum Gasteiger partial charge on any atom is 0.257 e. The second kappa shape index (κ2) is 8.20. The number of nitrogens with zero attached hydrogens (tertiary/aromatic N) is 1. The Labute approximate surface area is 169 Å². The lowest BCUT2D eigenvalue weighted by molar-refractivity contribution is 0.0977. The van der Waals surface area contributed by atoms with Gasteiger partial charge in [-0.1, -0.05) is 32.9 Å². The molecule has 140 valence electrons. The van der Waals surface area contributed by atoms with Gasteiger partial charge in [0.15, 0.2) is 5.11 Å². The molecule has 0 aliphatic heterocycles. The van der Waals surface area contributed by atoms with Crippen LogP contribution >= 0.6 is 23.6 Å². The highest BCUT2D eigenvalue weighted by Crippen LogP contribution is 2.39. The van der Waals surface area contributed by atoms with Gasteiger partial charge in [-0.25, -0.2) is 0 Å². The van der Waals surface area contributed by atoms with Crippen molar-refractivity contribution in [2.75, 3.05) is 5.32 Å². The Morgan fingerprint density at radius 1 is 1.33 bits per heavy atom. The van der Waals surface area contributed by atoms with E-state index in [2.05, 4.69) is 37.5 Å². The van der Waals surface area contributed by atoms with Crippen LogP contribution in [-0.2, 0) is 12.8 Å². The molecule has 1 aromatic carbocycles. The Bertz CT molecular complexity index is 907. The van der Waals surface area contributed by atoms with E-state index in [1.54, 1.807) is 23.5 Å². The van der Waals surface area contributed by atoms with Gasteiger partial charge in [0.25, 0.3) is 5.91 Å². The molecule has 27 heavy (non-hydrogen) atoms. The second-order valence-corrected chi connectivity index (χ2v) is 8.87. The molecule has 2 aromatic rings. The number of anilines is 1. The summed E-state index contributed by atoms with van der Waals surface area (Å²) in [5, 5.41) is 16.3. The molecule has 0 saturated heterocycles. The fourth-order valence-electron chi connectivity index (χ4n) is 3.29. The molecule has 1 amide bonds. The van der Waals surface area contributed by atoms with Gasteiger partial charge in [0, 0.05) is 10.4 Å². The Balaban J connectivity index is 1.69. The third kappa shape index (κ3) is 4.37. The monoisotopic (exact) mass is 397 g/mol. The predicted molar refractivity (Wildman–Crippen MR) is 114 cm³/mol. The molecule has 2 N–H and O–H groups in total. The highest BCUT2D eigenvalue weighted by atomic mass is 32.1. The van der Waals surface area contributed by atoms with Crippen molar-refractivity contribution in [3.63, 3.8) is 0 Å². The summed E-state index contributed by atoms with van der Waals surface area (Å²) < 4.78 is 0. The van der Waals surface area contributed by atoms with E-state index in [1.165, 1.54) is 10.4 Å². The number of carbonyl (C=O) groups excluding carboxylic acids is 1. The maximum absolute atomic E-state index is 12.4. The van der Waals surface area contributed by atoms with Crippen LogP contribution < -0.4 is 10.6 Å². The summed E-state index contributed by atoms with van der Waals surface area (Å²) >= 11 is 6.88. The maximum atomic E-state index is 12.4. The van der Waals surface area contributed by atoms with Crippen LogP contribution in [0.15, 0.2) is 24.3 Å². The average molecular weight is 398 g/mol. The van der Waals surface area contributed by atoms with E-state index in [0.717, 1.165) is 29.8 Å². The number of nitrogens with one attached hydrogen (secondary N) is 2. The van der Waals surface area contributed by atoms with Crippen molar-refractivity contribution >= 4 is 39.6 Å². The number of rotatable bonds is 3. The van der Waals surface area contributed by atoms with Gasteiger partial charge in [-0.15, -0.1) is 11.3 Å². The summed E-state index contributed by atoms with van der Waals surface area (Å²) in [6.07, 6.45) is 3.03. The van der Waals surface area contributed by atoms with Crippen molar-refractivity contribution < 1.29 is 4.79 Å². The number of fused-ring (bicyclic) bond motifs is 1. The molecule has 1 aromatic heterocycles. The highest BCUT2D eigenvalue weighted by Gasteiger charge is 2.24. The largest absolute Gasteiger partial charge is 0.323 e. The topological polar surface area (TPSA) is 64.9 Å². The molecular weight excluding hydrogens is 374 g/mol. The molecule has 0 saturated carbocycles. The molecule has 0 bridgehead atoms. The summed E-state index contributed by atoms with van der Waals surface area (Å²) in [5.74, 6) is 0.800. The van der Waals surface area contributed by atoms with Crippen molar-refractivity contribution in [2.24, 2.45) is 5.92 Å². The second-order valence-electron chi connectivity index (χ2n) is 7.35. The lowest BCUT2D eigenvalue weighted by Crippen LogP contribution is -2.34. The molecule has 1 unspecified atom stereocenters. The first kappa shape index (κ1) is 19.5. The molecule has 1 atom stereocenters. The first-order valence-corrected chi connectivity index (χ1v) is 10.4. The molecule has 6 heteroatoms. The zero-order valence-electron chi connectivity index (χ0n) is 15.8. The Morgan fingerprint density at radius 2 is 2.04 bits per heavy atom. The van der Waals surface area contributed by atoms with Crippen molar-refractivity contribution in [3.05, 3.63) is 51.4 Å². The van der Waals surface area contributed by atoms with Crippen molar-refractivity contribution in [3.8, 4) is 6.07 Å². The van der Waals surface area contributed by atoms with Crippen LogP contribution in [0.3, 0.4) is 0 Å². The fraction of sp³-hybridized carbons (Fsp3) is 0.381. The number of nitriles is 1. The minimum absolute atomic E-state index is 0.219. The molecule has 1 heterocycles. The number of thiophene rings is 1. The Hall–Kier alpha value is -2.23. The van der Waals surface area contributed by atoms with Crippen molar-refractivity contribution in [1.29, 1.82) is 5.26 Å². The lowest BCUT2D eigenvalue weighted by Gasteiger charge is -2.17. The zero-order chi connectivity index (χ0) is 19.6. The van der Waals surface area contributed by atoms with Gasteiger partial charge < -0.3 is 5.32 Å². The van der Waals surface area contributed by atoms with Crippen LogP contribution in [-0.4, -0.2) is 11.0 Å². The van der Waals surface area contributed by atoms with E-state index in [1.807, 2.05) is 12.1 Å². The third-order valence-electron chi connectivity index (χ3n) is 4.92. The molecule has 1 aliphatic carbocycles. The minimum Gasteiger partial charge on any atom is -0.323 e. The molecule has 0 radical (unpaired) electrons. The highest BCUT2D eigenvalue weighted by molar-refractivity contribution is 7.80. The number of thiocarbonyl (C=S) groups is 1. The molecule has 4 nitrogen and oxygen atoms in total. The van der Waals surface area contributed by atoms with Gasteiger partial charge in [-0.05, 0) is 66.6 Å². The zero-order valence-corrected chi connectivity index (χ0v) is 17.4. The summed E-state index contributed by atoms with van der Waals surface area (Å²) in [4.78, 5) is 13.7. The van der Waals surface area contributed by atoms with Gasteiger partial charge >= 0.3 is 0 Å². The third-order valence-corrected chi connectivity index (χ3v) is 6.29. The van der Waals surface area contributed by atoms with E-state index < -0.39 is 0 Å². The van der Waals surface area contributed by atoms with E-state index in [0.29, 0.717) is 23.0 Å². The minimum atomic E-state index is -0.253. The van der Waals surface area contributed by atoms with Crippen LogP contribution in [0.25, 0.3) is 0 Å². The summed E-state index contributed by atoms with van der Waals surface area (Å²) in [5.41, 5.74) is 3.55. The van der Waals surface area contributed by atoms with Gasteiger partial charge in [0.2, 0.25) is 0 Å². The predicted octanol–water partition coefficient (Wildman–Crippen LogP) is 4.99. The smallest absolute Gasteiger partial charge is 0.257 e. The number of carbonyl (C=O) groups is 1. The molecular formula is C21H23N3OS2. The van der Waals surface area contributed by atoms with Gasteiger partial charge in [0.1, 0.15) is 11.1 Å². The first-order valence-electron chi connectivity index (χ1n) is 9.16. The van der Waals surface area contributed by atoms with Crippen LogP contribution in [0.4, 0.5) is 5.00 Å². The number of hydrogen-bond donors (Lipinski definition) is 2. The van der Waals surface area contributed by atoms with Gasteiger partial charge in [0.05, 0.1) is 5.56 Å². The summed E-state index contributed by atoms with van der Waals surface area (Å²) in [6.45, 7) is 6.46. The average Bonchev–Trinajstić information content (AvgIpc) is 2.97. The summed E-state index contributed by atoms with van der Waals surface area (Å²) in [7, 11) is 0. The van der Waals surface area contributed by atoms with E-state index in [-0.39, 0.29) is 11.0 Å². The van der Waals surface area contributed by atoms with E-state index in [9.17, 15) is 10.1 Å². The van der Waals surface area contributed by atoms with E-state index in [4.69, 9.17) is 12.2 Å². The quantitative estimate of drug-likeness (QED) is 0.716. The number of amides is 1. The number of hydrogen-bond acceptors (Lipinski definition) is 4. The lowest BCUT2D eigenvalue weighted by atomic mass is 9.89. The Morgan fingerprint density at radius 3 is 2.67 bits per heavy atom. The molecule has 3 rings (SSSR count). The van der Waals surface area contributed by atoms with Crippen molar-refractivity contribution in [2.45, 2.75) is 46.0 Å².